The minimum atomic E-state index is -2.53. The second-order valence-electron chi connectivity index (χ2n) is 4.05. The zero-order valence-electron chi connectivity index (χ0n) is 10.8. The first kappa shape index (κ1) is 19.6. The first-order valence-corrected chi connectivity index (χ1v) is 11.4. The Kier molecular flexibility index (Phi) is 8.78. The van der Waals surface area contributed by atoms with Crippen LogP contribution in [0.2, 0.25) is 5.02 Å². The summed E-state index contributed by atoms with van der Waals surface area (Å²) in [6.45, 7) is 0.500. The Bertz CT molecular complexity index is 465. The number of rotatable bonds is 7. The molecule has 2 nitrogen and oxygen atoms in total. The highest BCUT2D eigenvalue weighted by Crippen LogP contribution is 2.50. The summed E-state index contributed by atoms with van der Waals surface area (Å²) in [6.07, 6.45) is 2.01. The van der Waals surface area contributed by atoms with Crippen LogP contribution in [0.5, 0.6) is 0 Å². The van der Waals surface area contributed by atoms with E-state index in [-0.39, 0.29) is 0 Å². The van der Waals surface area contributed by atoms with E-state index in [0.717, 1.165) is 18.1 Å². The zero-order valence-corrected chi connectivity index (χ0v) is 18.0. The molecule has 114 valence electrons. The lowest BCUT2D eigenvalue weighted by Crippen LogP contribution is -2.16. The van der Waals surface area contributed by atoms with Gasteiger partial charge in [0, 0.05) is 10.3 Å². The molecule has 0 aliphatic rings. The van der Waals surface area contributed by atoms with Gasteiger partial charge in [0.2, 0.25) is 6.49 Å². The van der Waals surface area contributed by atoms with Crippen LogP contribution < -0.4 is 5.30 Å². The van der Waals surface area contributed by atoms with E-state index in [1.807, 2.05) is 12.1 Å². The van der Waals surface area contributed by atoms with Gasteiger partial charge in [-0.15, -0.1) is 0 Å². The fourth-order valence-electron chi connectivity index (χ4n) is 1.30. The average molecular weight is 529 g/mol. The van der Waals surface area contributed by atoms with E-state index < -0.39 is 8.63 Å². The second kappa shape index (κ2) is 8.97. The van der Waals surface area contributed by atoms with Crippen molar-refractivity contribution >= 4 is 83.0 Å². The predicted molar refractivity (Wildman–Crippen MR) is 102 cm³/mol. The smallest absolute Gasteiger partial charge is 0.219 e. The lowest BCUT2D eigenvalue weighted by atomic mass is 10.4. The van der Waals surface area contributed by atoms with Crippen LogP contribution in [-0.4, -0.2) is 15.4 Å². The largest absolute Gasteiger partial charge is 0.326 e. The molecule has 0 heterocycles. The van der Waals surface area contributed by atoms with Crippen LogP contribution in [0.4, 0.5) is 0 Å². The Labute approximate surface area is 155 Å². The van der Waals surface area contributed by atoms with Crippen LogP contribution >= 0.6 is 65.9 Å². The minimum Gasteiger partial charge on any atom is -0.326 e. The first-order valence-electron chi connectivity index (χ1n) is 5.99. The van der Waals surface area contributed by atoms with Crippen LogP contribution in [0.3, 0.4) is 0 Å². The SMILES string of the molecule is CCCCOP(=S)(OCC(Br)(Br)Br)c1ccc(Cl)cc1. The summed E-state index contributed by atoms with van der Waals surface area (Å²) in [5, 5.41) is 1.53. The van der Waals surface area contributed by atoms with Gasteiger partial charge < -0.3 is 9.05 Å². The third-order valence-corrected chi connectivity index (χ3v) is 6.43. The van der Waals surface area contributed by atoms with Gasteiger partial charge in [0.1, 0.15) is 0 Å². The quantitative estimate of drug-likeness (QED) is 0.247. The van der Waals surface area contributed by atoms with Gasteiger partial charge in [-0.2, -0.15) is 0 Å². The summed E-state index contributed by atoms with van der Waals surface area (Å²) in [4.78, 5) is 0. The maximum absolute atomic E-state index is 5.91. The fraction of sp³-hybridized carbons (Fsp3) is 0.500. The van der Waals surface area contributed by atoms with Crippen molar-refractivity contribution in [3.63, 3.8) is 0 Å². The third kappa shape index (κ3) is 7.19. The second-order valence-corrected chi connectivity index (χ2v) is 15.2. The molecule has 0 fully saturated rings. The highest BCUT2D eigenvalue weighted by atomic mass is 80.0. The maximum Gasteiger partial charge on any atom is 0.219 e. The summed E-state index contributed by atoms with van der Waals surface area (Å²) >= 11 is 21.8. The van der Waals surface area contributed by atoms with E-state index in [1.165, 1.54) is 0 Å². The minimum absolute atomic E-state index is 0.332. The summed E-state index contributed by atoms with van der Waals surface area (Å²) in [6, 6.07) is 7.34. The van der Waals surface area contributed by atoms with Crippen LogP contribution in [0, 0.1) is 0 Å². The fourth-order valence-corrected chi connectivity index (χ4v) is 4.66. The lowest BCUT2D eigenvalue weighted by Gasteiger charge is -2.25. The van der Waals surface area contributed by atoms with Gasteiger partial charge in [0.25, 0.3) is 0 Å². The van der Waals surface area contributed by atoms with E-state index in [0.29, 0.717) is 18.2 Å². The molecule has 0 radical (unpaired) electrons. The van der Waals surface area contributed by atoms with Gasteiger partial charge in [0.15, 0.2) is 2.14 Å². The molecule has 1 aromatic carbocycles. The topological polar surface area (TPSA) is 18.5 Å². The monoisotopic (exact) mass is 526 g/mol. The summed E-state index contributed by atoms with van der Waals surface area (Å²) in [5.41, 5.74) is 0. The van der Waals surface area contributed by atoms with Crippen molar-refractivity contribution in [3.8, 4) is 0 Å². The molecule has 8 heteroatoms. The summed E-state index contributed by atoms with van der Waals surface area (Å²) in [5.74, 6) is 0. The molecular weight excluding hydrogens is 514 g/mol. The number of benzene rings is 1. The lowest BCUT2D eigenvalue weighted by molar-refractivity contribution is 0.258. The summed E-state index contributed by atoms with van der Waals surface area (Å²) in [7, 11) is 0. The molecule has 0 aromatic heterocycles. The number of hydrogen-bond donors (Lipinski definition) is 0. The standard InChI is InChI=1S/C12H15Br3ClO2PS/c1-2-3-8-17-19(20,18-9-12(13,14)15)11-6-4-10(16)5-7-11/h4-7H,2-3,8-9H2,1H3. The van der Waals surface area contributed by atoms with Crippen molar-refractivity contribution in [2.24, 2.45) is 0 Å². The van der Waals surface area contributed by atoms with E-state index in [1.54, 1.807) is 12.1 Å². The average Bonchev–Trinajstić information content (AvgIpc) is 2.37. The van der Waals surface area contributed by atoms with E-state index >= 15 is 0 Å². The van der Waals surface area contributed by atoms with Gasteiger partial charge in [0.05, 0.1) is 13.2 Å². The van der Waals surface area contributed by atoms with E-state index in [2.05, 4.69) is 54.7 Å². The van der Waals surface area contributed by atoms with Gasteiger partial charge in [-0.3, -0.25) is 0 Å². The molecule has 20 heavy (non-hydrogen) atoms. The molecule has 1 unspecified atom stereocenters. The van der Waals surface area contributed by atoms with Crippen molar-refractivity contribution in [1.82, 2.24) is 0 Å². The maximum atomic E-state index is 5.91. The Morgan fingerprint density at radius 3 is 2.30 bits per heavy atom. The Morgan fingerprint density at radius 1 is 1.20 bits per heavy atom. The molecule has 1 aromatic rings. The van der Waals surface area contributed by atoms with Crippen LogP contribution in [0.25, 0.3) is 0 Å². The molecule has 0 amide bonds. The molecule has 0 aliphatic carbocycles. The molecule has 0 N–H and O–H groups in total. The van der Waals surface area contributed by atoms with Gasteiger partial charge in [-0.25, -0.2) is 0 Å². The van der Waals surface area contributed by atoms with Gasteiger partial charge >= 0.3 is 0 Å². The van der Waals surface area contributed by atoms with Crippen molar-refractivity contribution in [2.75, 3.05) is 13.2 Å². The Morgan fingerprint density at radius 2 is 1.80 bits per heavy atom. The normalized spacial score (nSPS) is 15.1. The molecule has 0 saturated heterocycles. The van der Waals surface area contributed by atoms with Crippen molar-refractivity contribution < 1.29 is 9.05 Å². The van der Waals surface area contributed by atoms with Crippen molar-refractivity contribution in [3.05, 3.63) is 29.3 Å². The molecule has 0 aliphatic heterocycles. The predicted octanol–water partition coefficient (Wildman–Crippen LogP) is 5.95. The molecular formula is C12H15Br3ClO2PS. The molecule has 1 atom stereocenters. The molecule has 0 saturated carbocycles. The van der Waals surface area contributed by atoms with Gasteiger partial charge in [-0.1, -0.05) is 72.7 Å². The molecule has 0 bridgehead atoms. The number of alkyl halides is 3. The Balaban J connectivity index is 2.88. The van der Waals surface area contributed by atoms with Crippen LogP contribution in [0.1, 0.15) is 19.8 Å². The Hall–Kier alpha value is 1.52. The summed E-state index contributed by atoms with van der Waals surface area (Å²) < 4.78 is 11.3. The number of unbranched alkanes of at least 4 members (excludes halogenated alkanes) is 1. The number of hydrogen-bond acceptors (Lipinski definition) is 3. The van der Waals surface area contributed by atoms with Crippen LogP contribution in [0.15, 0.2) is 24.3 Å². The first-order chi connectivity index (χ1) is 9.27. The van der Waals surface area contributed by atoms with E-state index in [4.69, 9.17) is 32.5 Å². The third-order valence-electron chi connectivity index (χ3n) is 2.30. The van der Waals surface area contributed by atoms with Crippen molar-refractivity contribution in [2.45, 2.75) is 21.9 Å². The van der Waals surface area contributed by atoms with Crippen molar-refractivity contribution in [1.29, 1.82) is 0 Å². The highest BCUT2D eigenvalue weighted by Gasteiger charge is 2.27. The highest BCUT2D eigenvalue weighted by molar-refractivity contribution is 9.39. The van der Waals surface area contributed by atoms with Crippen LogP contribution in [-0.2, 0) is 20.9 Å². The van der Waals surface area contributed by atoms with Gasteiger partial charge in [-0.05, 0) is 42.5 Å². The zero-order chi connectivity index (χ0) is 15.2. The molecule has 0 spiro atoms. The van der Waals surface area contributed by atoms with E-state index in [9.17, 15) is 0 Å². The number of halogens is 4. The molecule has 1 rings (SSSR count).